The lowest BCUT2D eigenvalue weighted by atomic mass is 10.0. The number of carbonyl (C=O) groups excluding carboxylic acids is 2. The van der Waals surface area contributed by atoms with E-state index >= 15 is 0 Å². The molecule has 2 N–H and O–H groups in total. The predicted octanol–water partition coefficient (Wildman–Crippen LogP) is 4.19. The number of thiazole rings is 1. The topological polar surface area (TPSA) is 123 Å². The van der Waals surface area contributed by atoms with Gasteiger partial charge in [0.25, 0.3) is 11.6 Å². The molecule has 3 aromatic carbocycles. The van der Waals surface area contributed by atoms with Crippen molar-refractivity contribution in [2.75, 3.05) is 12.4 Å². The molecule has 0 saturated heterocycles. The Morgan fingerprint density at radius 2 is 1.76 bits per heavy atom. The van der Waals surface area contributed by atoms with E-state index in [0.717, 1.165) is 4.70 Å². The van der Waals surface area contributed by atoms with Gasteiger partial charge in [-0.05, 0) is 42.0 Å². The highest BCUT2D eigenvalue weighted by Gasteiger charge is 2.24. The second kappa shape index (κ2) is 10.1. The van der Waals surface area contributed by atoms with Gasteiger partial charge in [-0.3, -0.25) is 19.7 Å². The number of nitro benzene ring substituents is 1. The van der Waals surface area contributed by atoms with Gasteiger partial charge in [-0.15, -0.1) is 11.3 Å². The highest BCUT2D eigenvalue weighted by molar-refractivity contribution is 7.20. The van der Waals surface area contributed by atoms with Crippen LogP contribution in [0, 0.1) is 10.1 Å². The van der Waals surface area contributed by atoms with Crippen LogP contribution in [0.15, 0.2) is 72.8 Å². The van der Waals surface area contributed by atoms with Gasteiger partial charge in [-0.25, -0.2) is 4.98 Å². The molecule has 9 nitrogen and oxygen atoms in total. The fraction of sp³-hybridized carbons (Fsp3) is 0.125. The van der Waals surface area contributed by atoms with Gasteiger partial charge in [0.1, 0.15) is 11.8 Å². The van der Waals surface area contributed by atoms with Crippen LogP contribution >= 0.6 is 11.3 Å². The fourth-order valence-corrected chi connectivity index (χ4v) is 4.16. The maximum Gasteiger partial charge on any atom is 0.280 e. The summed E-state index contributed by atoms with van der Waals surface area (Å²) >= 11 is 1.23. The van der Waals surface area contributed by atoms with Crippen LogP contribution in [0.4, 0.5) is 11.4 Å². The van der Waals surface area contributed by atoms with E-state index in [1.807, 2.05) is 24.3 Å². The van der Waals surface area contributed by atoms with Gasteiger partial charge in [0.2, 0.25) is 5.91 Å². The van der Waals surface area contributed by atoms with Gasteiger partial charge in [0.15, 0.2) is 5.01 Å². The number of carbonyl (C=O) groups is 2. The number of rotatable bonds is 8. The molecule has 1 atom stereocenters. The zero-order valence-electron chi connectivity index (χ0n) is 18.1. The lowest BCUT2D eigenvalue weighted by molar-refractivity contribution is -0.384. The van der Waals surface area contributed by atoms with Gasteiger partial charge < -0.3 is 15.4 Å². The minimum atomic E-state index is -0.942. The smallest absolute Gasteiger partial charge is 0.280 e. The molecular weight excluding hydrogens is 456 g/mol. The van der Waals surface area contributed by atoms with E-state index in [1.165, 1.54) is 23.5 Å². The lowest BCUT2D eigenvalue weighted by Gasteiger charge is -2.18. The number of nitrogens with one attached hydrogen (secondary N) is 2. The summed E-state index contributed by atoms with van der Waals surface area (Å²) in [5.41, 5.74) is 1.84. The van der Waals surface area contributed by atoms with Crippen molar-refractivity contribution in [2.24, 2.45) is 0 Å². The fourth-order valence-electron chi connectivity index (χ4n) is 3.29. The van der Waals surface area contributed by atoms with E-state index < -0.39 is 22.8 Å². The average molecular weight is 477 g/mol. The number of aromatic nitrogens is 1. The number of methoxy groups -OCH3 is 1. The Balaban J connectivity index is 1.55. The minimum absolute atomic E-state index is 0.0542. The van der Waals surface area contributed by atoms with Crippen LogP contribution in [-0.2, 0) is 11.2 Å². The maximum atomic E-state index is 13.1. The van der Waals surface area contributed by atoms with E-state index in [0.29, 0.717) is 22.5 Å². The first kappa shape index (κ1) is 22.9. The molecular formula is C24H20N4O5S. The molecule has 2 amide bonds. The van der Waals surface area contributed by atoms with E-state index in [4.69, 9.17) is 4.74 Å². The number of para-hydroxylation sites is 1. The number of ether oxygens (including phenoxy) is 1. The van der Waals surface area contributed by atoms with Crippen LogP contribution in [-0.4, -0.2) is 34.9 Å². The number of fused-ring (bicyclic) bond motifs is 1. The van der Waals surface area contributed by atoms with Crippen molar-refractivity contribution in [3.05, 3.63) is 93.5 Å². The molecule has 4 rings (SSSR count). The maximum absolute atomic E-state index is 13.1. The van der Waals surface area contributed by atoms with Gasteiger partial charge in [-0.1, -0.05) is 24.3 Å². The number of nitro groups is 1. The van der Waals surface area contributed by atoms with Crippen molar-refractivity contribution in [3.63, 3.8) is 0 Å². The van der Waals surface area contributed by atoms with Gasteiger partial charge in [-0.2, -0.15) is 0 Å². The molecule has 0 saturated carbocycles. The van der Waals surface area contributed by atoms with E-state index in [1.54, 1.807) is 43.5 Å². The molecule has 0 aliphatic rings. The molecule has 1 aromatic heterocycles. The summed E-state index contributed by atoms with van der Waals surface area (Å²) < 4.78 is 5.99. The van der Waals surface area contributed by atoms with Crippen LogP contribution in [0.3, 0.4) is 0 Å². The first-order valence-electron chi connectivity index (χ1n) is 10.3. The molecule has 10 heteroatoms. The number of non-ortho nitro benzene ring substituents is 1. The Bertz CT molecular complexity index is 1300. The monoisotopic (exact) mass is 476 g/mol. The second-order valence-corrected chi connectivity index (χ2v) is 8.39. The van der Waals surface area contributed by atoms with Gasteiger partial charge in [0.05, 0.1) is 22.2 Å². The largest absolute Gasteiger partial charge is 0.497 e. The van der Waals surface area contributed by atoms with Crippen LogP contribution in [0.5, 0.6) is 5.75 Å². The molecule has 0 aliphatic carbocycles. The SMILES string of the molecule is COc1ccc(NC(=O)C(Cc2ccc([N+](=O)[O-])cc2)NC(=O)c2nc3ccccc3s2)cc1. The number of hydrogen-bond acceptors (Lipinski definition) is 7. The van der Waals surface area contributed by atoms with Gasteiger partial charge >= 0.3 is 0 Å². The number of nitrogens with zero attached hydrogens (tertiary/aromatic N) is 2. The highest BCUT2D eigenvalue weighted by Crippen LogP contribution is 2.22. The summed E-state index contributed by atoms with van der Waals surface area (Å²) in [6, 6.07) is 19.1. The Hall–Kier alpha value is -4.31. The minimum Gasteiger partial charge on any atom is -0.497 e. The quantitative estimate of drug-likeness (QED) is 0.290. The Morgan fingerprint density at radius 1 is 1.06 bits per heavy atom. The number of amides is 2. The Morgan fingerprint density at radius 3 is 2.41 bits per heavy atom. The van der Waals surface area contributed by atoms with Crippen molar-refractivity contribution in [2.45, 2.75) is 12.5 Å². The standard InChI is InChI=1S/C24H20N4O5S/c1-33-18-12-8-16(9-13-18)25-22(29)20(14-15-6-10-17(11-7-15)28(31)32)26-23(30)24-27-19-4-2-3-5-21(19)34-24/h2-13,20H,14H2,1H3,(H,25,29)(H,26,30). The van der Waals surface area contributed by atoms with E-state index in [9.17, 15) is 19.7 Å². The summed E-state index contributed by atoms with van der Waals surface area (Å²) in [4.78, 5) is 40.8. The third-order valence-electron chi connectivity index (χ3n) is 5.05. The summed E-state index contributed by atoms with van der Waals surface area (Å²) in [6.07, 6.45) is 0.136. The molecule has 172 valence electrons. The summed E-state index contributed by atoms with van der Waals surface area (Å²) in [7, 11) is 1.55. The Labute approximate surface area is 198 Å². The van der Waals surface area contributed by atoms with Crippen molar-refractivity contribution in [3.8, 4) is 5.75 Å². The molecule has 0 spiro atoms. The third-order valence-corrected chi connectivity index (χ3v) is 6.09. The number of benzene rings is 3. The molecule has 1 heterocycles. The molecule has 34 heavy (non-hydrogen) atoms. The second-order valence-electron chi connectivity index (χ2n) is 7.36. The third kappa shape index (κ3) is 5.36. The number of hydrogen-bond donors (Lipinski definition) is 2. The van der Waals surface area contributed by atoms with E-state index in [-0.39, 0.29) is 17.1 Å². The normalized spacial score (nSPS) is 11.6. The first-order chi connectivity index (χ1) is 16.4. The molecule has 0 aliphatic heterocycles. The van der Waals surface area contributed by atoms with Crippen LogP contribution < -0.4 is 15.4 Å². The average Bonchev–Trinajstić information content (AvgIpc) is 3.29. The molecule has 0 fully saturated rings. The zero-order valence-corrected chi connectivity index (χ0v) is 18.9. The Kier molecular flexibility index (Phi) is 6.79. The number of anilines is 1. The lowest BCUT2D eigenvalue weighted by Crippen LogP contribution is -2.45. The van der Waals surface area contributed by atoms with Crippen molar-refractivity contribution in [1.82, 2.24) is 10.3 Å². The van der Waals surface area contributed by atoms with Crippen LogP contribution in [0.1, 0.15) is 15.4 Å². The summed E-state index contributed by atoms with van der Waals surface area (Å²) in [6.45, 7) is 0. The van der Waals surface area contributed by atoms with Crippen molar-refractivity contribution in [1.29, 1.82) is 0 Å². The van der Waals surface area contributed by atoms with Gasteiger partial charge in [0, 0.05) is 24.2 Å². The van der Waals surface area contributed by atoms with Crippen LogP contribution in [0.2, 0.25) is 0 Å². The first-order valence-corrected chi connectivity index (χ1v) is 11.1. The van der Waals surface area contributed by atoms with E-state index in [2.05, 4.69) is 15.6 Å². The molecule has 1 unspecified atom stereocenters. The zero-order chi connectivity index (χ0) is 24.1. The predicted molar refractivity (Wildman–Crippen MR) is 129 cm³/mol. The molecule has 0 bridgehead atoms. The molecule has 0 radical (unpaired) electrons. The summed E-state index contributed by atoms with van der Waals surface area (Å²) in [5.74, 6) is -0.263. The summed E-state index contributed by atoms with van der Waals surface area (Å²) in [5, 5.41) is 16.7. The van der Waals surface area contributed by atoms with Crippen LogP contribution in [0.25, 0.3) is 10.2 Å². The molecule has 4 aromatic rings. The van der Waals surface area contributed by atoms with Crippen molar-refractivity contribution < 1.29 is 19.2 Å². The van der Waals surface area contributed by atoms with Crippen molar-refractivity contribution >= 4 is 44.7 Å². The highest BCUT2D eigenvalue weighted by atomic mass is 32.1.